The molecular formula is C8H25N2O2PSi2. The van der Waals surface area contributed by atoms with E-state index in [1.54, 1.807) is 0 Å². The van der Waals surface area contributed by atoms with Crippen molar-refractivity contribution in [1.29, 1.82) is 0 Å². The fraction of sp³-hybridized carbons (Fsp3) is 1.00. The number of hydrogen-bond acceptors (Lipinski definition) is 3. The molecule has 0 aromatic rings. The van der Waals surface area contributed by atoms with Gasteiger partial charge in [0.1, 0.15) is 16.5 Å². The molecule has 0 atom stereocenters. The molecule has 0 aromatic carbocycles. The second-order valence-electron chi connectivity index (χ2n) is 6.02. The molecule has 0 aliphatic carbocycles. The van der Waals surface area contributed by atoms with Crippen molar-refractivity contribution in [2.24, 2.45) is 0 Å². The SMILES string of the molecule is C[Si](C)(C)NCP(=O)(O)CN[Si](C)(C)C. The van der Waals surface area contributed by atoms with E-state index in [0.717, 1.165) is 0 Å². The monoisotopic (exact) mass is 268 g/mol. The first-order chi connectivity index (χ1) is 6.41. The van der Waals surface area contributed by atoms with Gasteiger partial charge in [0.05, 0.1) is 12.6 Å². The van der Waals surface area contributed by atoms with Crippen LogP contribution in [0.15, 0.2) is 0 Å². The zero-order valence-electron chi connectivity index (χ0n) is 10.7. The summed E-state index contributed by atoms with van der Waals surface area (Å²) < 4.78 is 11.8. The van der Waals surface area contributed by atoms with Gasteiger partial charge in [-0.05, 0) is 0 Å². The largest absolute Gasteiger partial charge is 0.343 e. The van der Waals surface area contributed by atoms with Crippen molar-refractivity contribution in [3.63, 3.8) is 0 Å². The van der Waals surface area contributed by atoms with Crippen LogP contribution in [0.4, 0.5) is 0 Å². The molecule has 0 unspecified atom stereocenters. The third-order valence-electron chi connectivity index (χ3n) is 1.71. The highest BCUT2D eigenvalue weighted by atomic mass is 31.2. The van der Waals surface area contributed by atoms with E-state index in [9.17, 15) is 9.46 Å². The summed E-state index contributed by atoms with van der Waals surface area (Å²) in [6.07, 6.45) is 0.473. The van der Waals surface area contributed by atoms with Crippen molar-refractivity contribution in [2.75, 3.05) is 12.6 Å². The van der Waals surface area contributed by atoms with Crippen molar-refractivity contribution < 1.29 is 9.46 Å². The molecule has 7 heteroatoms. The molecule has 92 valence electrons. The van der Waals surface area contributed by atoms with E-state index in [4.69, 9.17) is 0 Å². The lowest BCUT2D eigenvalue weighted by Crippen LogP contribution is -2.45. The van der Waals surface area contributed by atoms with Crippen molar-refractivity contribution in [2.45, 2.75) is 39.3 Å². The lowest BCUT2D eigenvalue weighted by Gasteiger charge is -2.24. The van der Waals surface area contributed by atoms with Crippen LogP contribution in [0.1, 0.15) is 0 Å². The summed E-state index contributed by atoms with van der Waals surface area (Å²) in [6.45, 7) is 12.7. The summed E-state index contributed by atoms with van der Waals surface area (Å²) >= 11 is 0. The Balaban J connectivity index is 4.04. The third-order valence-corrected chi connectivity index (χ3v) is 6.09. The average molecular weight is 268 g/mol. The maximum Gasteiger partial charge on any atom is 0.226 e. The summed E-state index contributed by atoms with van der Waals surface area (Å²) in [5.41, 5.74) is 0. The Hall–Kier alpha value is 0.544. The summed E-state index contributed by atoms with van der Waals surface area (Å²) in [7, 11) is -5.92. The zero-order valence-corrected chi connectivity index (χ0v) is 13.6. The van der Waals surface area contributed by atoms with Gasteiger partial charge in [-0.3, -0.25) is 4.57 Å². The van der Waals surface area contributed by atoms with E-state index in [2.05, 4.69) is 49.2 Å². The van der Waals surface area contributed by atoms with Gasteiger partial charge in [-0.15, -0.1) is 0 Å². The van der Waals surface area contributed by atoms with Crippen molar-refractivity contribution in [1.82, 2.24) is 9.96 Å². The molecule has 0 radical (unpaired) electrons. The normalized spacial score (nSPS) is 14.3. The molecule has 0 amide bonds. The Kier molecular flexibility index (Phi) is 5.44. The molecule has 0 aliphatic heterocycles. The molecule has 0 saturated carbocycles. The molecule has 0 aromatic heterocycles. The van der Waals surface area contributed by atoms with Crippen LogP contribution in [0.2, 0.25) is 39.3 Å². The van der Waals surface area contributed by atoms with E-state index < -0.39 is 23.8 Å². The maximum atomic E-state index is 11.8. The van der Waals surface area contributed by atoms with Crippen LogP contribution in [0.5, 0.6) is 0 Å². The van der Waals surface area contributed by atoms with Gasteiger partial charge in [0.25, 0.3) is 0 Å². The van der Waals surface area contributed by atoms with Crippen LogP contribution in [-0.2, 0) is 4.57 Å². The van der Waals surface area contributed by atoms with Crippen LogP contribution < -0.4 is 9.96 Å². The second kappa shape index (κ2) is 5.25. The van der Waals surface area contributed by atoms with Crippen LogP contribution in [0, 0.1) is 0 Å². The van der Waals surface area contributed by atoms with E-state index in [1.807, 2.05) is 0 Å². The highest BCUT2D eigenvalue weighted by Crippen LogP contribution is 2.37. The Morgan fingerprint density at radius 3 is 1.40 bits per heavy atom. The number of rotatable bonds is 6. The third kappa shape index (κ3) is 10.8. The van der Waals surface area contributed by atoms with Gasteiger partial charge in [-0.1, -0.05) is 39.3 Å². The predicted molar refractivity (Wildman–Crippen MR) is 72.5 cm³/mol. The molecule has 3 N–H and O–H groups in total. The van der Waals surface area contributed by atoms with Crippen molar-refractivity contribution >= 4 is 23.8 Å². The van der Waals surface area contributed by atoms with Crippen LogP contribution >= 0.6 is 7.37 Å². The molecule has 0 saturated heterocycles. The first kappa shape index (κ1) is 15.5. The lowest BCUT2D eigenvalue weighted by molar-refractivity contribution is 0.474. The molecule has 0 heterocycles. The molecule has 0 aliphatic rings. The Morgan fingerprint density at radius 2 is 1.20 bits per heavy atom. The minimum absolute atomic E-state index is 0.236. The Bertz CT molecular complexity index is 226. The van der Waals surface area contributed by atoms with Crippen LogP contribution in [0.25, 0.3) is 0 Å². The maximum absolute atomic E-state index is 11.8. The van der Waals surface area contributed by atoms with E-state index in [0.29, 0.717) is 0 Å². The molecule has 0 fully saturated rings. The van der Waals surface area contributed by atoms with Crippen LogP contribution in [-0.4, -0.2) is 33.9 Å². The second-order valence-corrected chi connectivity index (χ2v) is 18.0. The molecule has 0 spiro atoms. The Morgan fingerprint density at radius 1 is 0.933 bits per heavy atom. The van der Waals surface area contributed by atoms with Gasteiger partial charge >= 0.3 is 0 Å². The predicted octanol–water partition coefficient (Wildman–Crippen LogP) is 2.02. The number of nitrogens with one attached hydrogen (secondary N) is 2. The Labute approximate surface area is 95.5 Å². The zero-order chi connectivity index (χ0) is 12.3. The smallest absolute Gasteiger partial charge is 0.226 e. The van der Waals surface area contributed by atoms with Gasteiger partial charge in [0.2, 0.25) is 7.37 Å². The average Bonchev–Trinajstić information content (AvgIpc) is 1.96. The first-order valence-electron chi connectivity index (χ1n) is 5.22. The topological polar surface area (TPSA) is 61.4 Å². The molecule has 15 heavy (non-hydrogen) atoms. The fourth-order valence-electron chi connectivity index (χ4n) is 0.777. The first-order valence-corrected chi connectivity index (χ1v) is 14.3. The minimum atomic E-state index is -3.04. The molecular weight excluding hydrogens is 243 g/mol. The van der Waals surface area contributed by atoms with E-state index >= 15 is 0 Å². The van der Waals surface area contributed by atoms with E-state index in [-0.39, 0.29) is 12.6 Å². The van der Waals surface area contributed by atoms with Crippen LogP contribution in [0.3, 0.4) is 0 Å². The lowest BCUT2D eigenvalue weighted by atomic mass is 11.5. The van der Waals surface area contributed by atoms with Gasteiger partial charge in [-0.2, -0.15) is 0 Å². The minimum Gasteiger partial charge on any atom is -0.343 e. The highest BCUT2D eigenvalue weighted by Gasteiger charge is 2.24. The van der Waals surface area contributed by atoms with Gasteiger partial charge in [0, 0.05) is 0 Å². The van der Waals surface area contributed by atoms with Gasteiger partial charge in [0.15, 0.2) is 0 Å². The van der Waals surface area contributed by atoms with Crippen molar-refractivity contribution in [3.8, 4) is 0 Å². The summed E-state index contributed by atoms with van der Waals surface area (Å²) in [5.74, 6) is 0. The summed E-state index contributed by atoms with van der Waals surface area (Å²) in [4.78, 5) is 16.1. The van der Waals surface area contributed by atoms with Gasteiger partial charge < -0.3 is 14.9 Å². The number of hydrogen-bond donors (Lipinski definition) is 3. The quantitative estimate of drug-likeness (QED) is 0.509. The highest BCUT2D eigenvalue weighted by molar-refractivity contribution is 7.58. The van der Waals surface area contributed by atoms with E-state index in [1.165, 1.54) is 0 Å². The molecule has 4 nitrogen and oxygen atoms in total. The fourth-order valence-corrected chi connectivity index (χ4v) is 6.66. The summed E-state index contributed by atoms with van der Waals surface area (Å²) in [6, 6.07) is 0. The molecule has 0 rings (SSSR count). The van der Waals surface area contributed by atoms with Crippen molar-refractivity contribution in [3.05, 3.63) is 0 Å². The molecule has 0 bridgehead atoms. The summed E-state index contributed by atoms with van der Waals surface area (Å²) in [5, 5.41) is 0. The van der Waals surface area contributed by atoms with Gasteiger partial charge in [-0.25, -0.2) is 0 Å². The standard InChI is InChI=1S/C8H25N2O2PSi2/c1-14(2,3)9-7-13(11,12)8-10-15(4,5)6/h9-10H,7-8H2,1-6H3,(H,11,12).